The van der Waals surface area contributed by atoms with Crippen LogP contribution in [0.1, 0.15) is 284 Å². The van der Waals surface area contributed by atoms with E-state index in [1.54, 1.807) is 6.08 Å². The van der Waals surface area contributed by atoms with Crippen molar-refractivity contribution in [2.24, 2.45) is 0 Å². The molecule has 6 heteroatoms. The molecule has 0 aliphatic carbocycles. The van der Waals surface area contributed by atoms with Gasteiger partial charge in [0.25, 0.3) is 0 Å². The van der Waals surface area contributed by atoms with Crippen LogP contribution in [0.4, 0.5) is 0 Å². The van der Waals surface area contributed by atoms with Crippen LogP contribution in [0.3, 0.4) is 0 Å². The van der Waals surface area contributed by atoms with Gasteiger partial charge in [0.05, 0.1) is 25.4 Å². The van der Waals surface area contributed by atoms with Crippen LogP contribution in [0.2, 0.25) is 0 Å². The number of carbonyl (C=O) groups is 2. The van der Waals surface area contributed by atoms with E-state index in [-0.39, 0.29) is 18.5 Å². The highest BCUT2D eigenvalue weighted by molar-refractivity contribution is 5.76. The zero-order chi connectivity index (χ0) is 46.5. The van der Waals surface area contributed by atoms with E-state index in [2.05, 4.69) is 55.6 Å². The lowest BCUT2D eigenvalue weighted by atomic mass is 10.0. The second-order valence-corrected chi connectivity index (χ2v) is 18.9. The van der Waals surface area contributed by atoms with E-state index < -0.39 is 12.1 Å². The molecule has 0 aromatic heterocycles. The summed E-state index contributed by atoms with van der Waals surface area (Å²) in [5.41, 5.74) is 0. The van der Waals surface area contributed by atoms with E-state index in [0.717, 1.165) is 57.8 Å². The molecule has 0 spiro atoms. The first-order valence-corrected chi connectivity index (χ1v) is 27.9. The van der Waals surface area contributed by atoms with Gasteiger partial charge in [-0.05, 0) is 83.5 Å². The molecule has 374 valence electrons. The van der Waals surface area contributed by atoms with Crippen LogP contribution in [-0.4, -0.2) is 47.4 Å². The lowest BCUT2D eigenvalue weighted by Gasteiger charge is -2.20. The van der Waals surface area contributed by atoms with Crippen molar-refractivity contribution in [2.75, 3.05) is 13.2 Å². The number of nitrogens with one attached hydrogen (secondary N) is 1. The summed E-state index contributed by atoms with van der Waals surface area (Å²) < 4.78 is 5.46. The number of unbranched alkanes of at least 4 members (excludes halogenated alkanes) is 34. The maximum atomic E-state index is 12.4. The Morgan fingerprint density at radius 1 is 0.438 bits per heavy atom. The molecular formula is C58H107NO5. The summed E-state index contributed by atoms with van der Waals surface area (Å²) in [5, 5.41) is 23.0. The molecule has 0 fully saturated rings. The number of rotatable bonds is 51. The molecule has 0 aliphatic rings. The number of aliphatic hydroxyl groups excluding tert-OH is 2. The number of esters is 1. The number of aliphatic hydroxyl groups is 2. The highest BCUT2D eigenvalue weighted by atomic mass is 16.5. The van der Waals surface area contributed by atoms with E-state index in [1.165, 1.54) is 199 Å². The Kier molecular flexibility index (Phi) is 51.6. The van der Waals surface area contributed by atoms with Gasteiger partial charge in [-0.1, -0.05) is 236 Å². The molecule has 0 radical (unpaired) electrons. The van der Waals surface area contributed by atoms with Gasteiger partial charge >= 0.3 is 5.97 Å². The lowest BCUT2D eigenvalue weighted by molar-refractivity contribution is -0.143. The summed E-state index contributed by atoms with van der Waals surface area (Å²) in [6.07, 6.45) is 67.0. The minimum Gasteiger partial charge on any atom is -0.466 e. The molecule has 0 saturated carbocycles. The first kappa shape index (κ1) is 61.8. The standard InChI is InChI=1S/C58H107NO5/c1-3-5-7-9-11-13-15-17-28-32-36-40-44-48-52-58(63)64-53-49-45-41-37-33-29-26-24-22-20-18-19-21-23-25-27-31-35-39-43-47-51-57(62)59-55(54-60)56(61)50-46-42-38-34-30-16-14-12-10-8-6-4-2/h9,11,15,17,19,21,46,50,55-56,60-61H,3-8,10,12-14,16,18,20,22-45,47-49,51-54H2,1-2H3,(H,59,62)/b11-9-,17-15-,21-19-,50-46+. The second-order valence-electron chi connectivity index (χ2n) is 18.9. The van der Waals surface area contributed by atoms with Crippen LogP contribution >= 0.6 is 0 Å². The molecule has 64 heavy (non-hydrogen) atoms. The molecular weight excluding hydrogens is 791 g/mol. The van der Waals surface area contributed by atoms with Crippen LogP contribution in [-0.2, 0) is 14.3 Å². The fourth-order valence-corrected chi connectivity index (χ4v) is 8.23. The molecule has 0 aromatic carbocycles. The third kappa shape index (κ3) is 49.3. The maximum absolute atomic E-state index is 12.4. The number of amides is 1. The van der Waals surface area contributed by atoms with Crippen molar-refractivity contribution in [1.82, 2.24) is 5.32 Å². The normalized spacial score (nSPS) is 13.0. The van der Waals surface area contributed by atoms with E-state index in [4.69, 9.17) is 4.74 Å². The summed E-state index contributed by atoms with van der Waals surface area (Å²) in [6, 6.07) is -0.633. The van der Waals surface area contributed by atoms with Crippen LogP contribution < -0.4 is 5.32 Å². The Balaban J connectivity index is 3.45. The Morgan fingerprint density at radius 3 is 1.25 bits per heavy atom. The summed E-state index contributed by atoms with van der Waals surface area (Å²) in [4.78, 5) is 24.4. The minimum absolute atomic E-state index is 0.00785. The first-order chi connectivity index (χ1) is 31.5. The van der Waals surface area contributed by atoms with Gasteiger partial charge in [0.15, 0.2) is 0 Å². The predicted octanol–water partition coefficient (Wildman–Crippen LogP) is 17.0. The maximum Gasteiger partial charge on any atom is 0.305 e. The van der Waals surface area contributed by atoms with Gasteiger partial charge in [-0.15, -0.1) is 0 Å². The fraction of sp³-hybridized carbons (Fsp3) is 0.828. The van der Waals surface area contributed by atoms with Crippen molar-refractivity contribution in [3.63, 3.8) is 0 Å². The van der Waals surface area contributed by atoms with Crippen molar-refractivity contribution in [3.8, 4) is 0 Å². The van der Waals surface area contributed by atoms with Crippen LogP contribution in [0.25, 0.3) is 0 Å². The summed E-state index contributed by atoms with van der Waals surface area (Å²) in [5.74, 6) is -0.0854. The Bertz CT molecular complexity index is 1080. The molecule has 0 bridgehead atoms. The topological polar surface area (TPSA) is 95.9 Å². The molecule has 2 atom stereocenters. The molecule has 0 aliphatic heterocycles. The lowest BCUT2D eigenvalue weighted by Crippen LogP contribution is -2.45. The van der Waals surface area contributed by atoms with Crippen LogP contribution in [0.15, 0.2) is 48.6 Å². The van der Waals surface area contributed by atoms with Crippen molar-refractivity contribution in [3.05, 3.63) is 48.6 Å². The van der Waals surface area contributed by atoms with Crippen molar-refractivity contribution < 1.29 is 24.5 Å². The van der Waals surface area contributed by atoms with Gasteiger partial charge < -0.3 is 20.3 Å². The summed E-state index contributed by atoms with van der Waals surface area (Å²) in [6.45, 7) is 4.84. The third-order valence-corrected chi connectivity index (χ3v) is 12.6. The number of carbonyl (C=O) groups excluding carboxylic acids is 2. The monoisotopic (exact) mass is 898 g/mol. The molecule has 0 heterocycles. The molecule has 0 aromatic rings. The number of ether oxygens (including phenoxy) is 1. The molecule has 1 amide bonds. The average Bonchev–Trinajstić information content (AvgIpc) is 3.29. The SMILES string of the molecule is CCCC/C=C\C/C=C\CCCCCCCC(=O)OCCCCCCCCCCCC/C=C\CCCCCCCCCC(=O)NC(CO)C(O)/C=C/CCCCCCCCCCCC. The molecule has 6 nitrogen and oxygen atoms in total. The fourth-order valence-electron chi connectivity index (χ4n) is 8.23. The van der Waals surface area contributed by atoms with Crippen LogP contribution in [0.5, 0.6) is 0 Å². The number of hydrogen-bond donors (Lipinski definition) is 3. The Hall–Kier alpha value is -2.18. The highest BCUT2D eigenvalue weighted by Crippen LogP contribution is 2.15. The average molecular weight is 898 g/mol. The van der Waals surface area contributed by atoms with Gasteiger partial charge in [0.1, 0.15) is 0 Å². The molecule has 0 saturated heterocycles. The van der Waals surface area contributed by atoms with E-state index in [1.807, 2.05) is 6.08 Å². The van der Waals surface area contributed by atoms with E-state index >= 15 is 0 Å². The van der Waals surface area contributed by atoms with E-state index in [0.29, 0.717) is 19.4 Å². The summed E-state index contributed by atoms with van der Waals surface area (Å²) in [7, 11) is 0. The van der Waals surface area contributed by atoms with Gasteiger partial charge in [-0.25, -0.2) is 0 Å². The molecule has 3 N–H and O–H groups in total. The highest BCUT2D eigenvalue weighted by Gasteiger charge is 2.18. The van der Waals surface area contributed by atoms with Gasteiger partial charge in [-0.3, -0.25) is 9.59 Å². The van der Waals surface area contributed by atoms with Crippen molar-refractivity contribution in [2.45, 2.75) is 296 Å². The molecule has 0 rings (SSSR count). The van der Waals surface area contributed by atoms with Gasteiger partial charge in [0, 0.05) is 12.8 Å². The minimum atomic E-state index is -0.849. The largest absolute Gasteiger partial charge is 0.466 e. The zero-order valence-corrected chi connectivity index (χ0v) is 42.5. The first-order valence-electron chi connectivity index (χ1n) is 27.9. The Morgan fingerprint density at radius 2 is 0.797 bits per heavy atom. The smallest absolute Gasteiger partial charge is 0.305 e. The quantitative estimate of drug-likeness (QED) is 0.0321. The van der Waals surface area contributed by atoms with E-state index in [9.17, 15) is 19.8 Å². The number of allylic oxidation sites excluding steroid dienone is 7. The zero-order valence-electron chi connectivity index (χ0n) is 42.5. The predicted molar refractivity (Wildman–Crippen MR) is 278 cm³/mol. The van der Waals surface area contributed by atoms with Crippen LogP contribution in [0, 0.1) is 0 Å². The summed E-state index contributed by atoms with van der Waals surface area (Å²) >= 11 is 0. The second kappa shape index (κ2) is 53.4. The van der Waals surface area contributed by atoms with Gasteiger partial charge in [0.2, 0.25) is 5.91 Å². The Labute approximate surface area is 397 Å². The number of hydrogen-bond acceptors (Lipinski definition) is 5. The van der Waals surface area contributed by atoms with Crippen molar-refractivity contribution in [1.29, 1.82) is 0 Å². The third-order valence-electron chi connectivity index (χ3n) is 12.6. The van der Waals surface area contributed by atoms with Crippen molar-refractivity contribution >= 4 is 11.9 Å². The van der Waals surface area contributed by atoms with Gasteiger partial charge in [-0.2, -0.15) is 0 Å². The molecule has 2 unspecified atom stereocenters.